The summed E-state index contributed by atoms with van der Waals surface area (Å²) >= 11 is 0. The molecule has 376 valence electrons. The molecule has 1 N–H and O–H groups in total. The van der Waals surface area contributed by atoms with Gasteiger partial charge in [0.1, 0.15) is 10.5 Å². The average Bonchev–Trinajstić information content (AvgIpc) is 3.27. The molecule has 6 aromatic carbocycles. The van der Waals surface area contributed by atoms with E-state index in [4.69, 9.17) is 4.55 Å². The van der Waals surface area contributed by atoms with Crippen LogP contribution in [0.1, 0.15) is 40.8 Å². The van der Waals surface area contributed by atoms with Gasteiger partial charge in [0.15, 0.2) is 0 Å². The van der Waals surface area contributed by atoms with Gasteiger partial charge in [0.05, 0.1) is 57.6 Å². The molecule has 71 heavy (non-hydrogen) atoms. The second-order valence-electron chi connectivity index (χ2n) is 14.0. The number of nitrogens with zero attached hydrogens (tertiary/aromatic N) is 8. The molecule has 0 fully saturated rings. The fourth-order valence-electron chi connectivity index (χ4n) is 5.14. The summed E-state index contributed by atoms with van der Waals surface area (Å²) in [7, 11) is -4.39. The highest BCUT2D eigenvalue weighted by atomic mass is 32.2. The monoisotopic (exact) mass is 1010 g/mol. The Bertz CT molecular complexity index is 2960. The minimum absolute atomic E-state index is 0. The minimum Gasteiger partial charge on any atom is -0.282 e. The highest BCUT2D eigenvalue weighted by Crippen LogP contribution is 2.32. The van der Waals surface area contributed by atoms with E-state index in [1.807, 2.05) is 31.2 Å². The molecule has 27 nitrogen and oxygen atoms in total. The molecule has 0 bridgehead atoms. The molecule has 0 spiro atoms. The van der Waals surface area contributed by atoms with Crippen LogP contribution in [0, 0.1) is 122 Å². The normalized spacial score (nSPS) is 9.68. The molecular weight excluding hydrogens is 965 g/mol. The lowest BCUT2D eigenvalue weighted by Crippen LogP contribution is -2.00. The molecule has 0 saturated carbocycles. The molecule has 0 radical (unpaired) electrons. The zero-order chi connectivity index (χ0) is 53.6. The topological polar surface area (TPSA) is 399 Å². The Kier molecular flexibility index (Phi) is 24.7. The van der Waals surface area contributed by atoms with Crippen LogP contribution in [0.3, 0.4) is 0 Å². The van der Waals surface area contributed by atoms with Crippen molar-refractivity contribution in [1.82, 2.24) is 0 Å². The maximum absolute atomic E-state index is 10.7. The molecule has 0 unspecified atom stereocenters. The van der Waals surface area contributed by atoms with E-state index in [2.05, 4.69) is 19.1 Å². The Morgan fingerprint density at radius 1 is 0.352 bits per heavy atom. The molecule has 0 heterocycles. The van der Waals surface area contributed by atoms with Crippen LogP contribution in [0.4, 0.5) is 45.5 Å². The first kappa shape index (κ1) is 61.4. The van der Waals surface area contributed by atoms with Crippen LogP contribution >= 0.6 is 0 Å². The van der Waals surface area contributed by atoms with Crippen LogP contribution in [0.5, 0.6) is 0 Å². The molecule has 0 amide bonds. The van der Waals surface area contributed by atoms with Gasteiger partial charge in [-0.3, -0.25) is 85.5 Å². The van der Waals surface area contributed by atoms with E-state index >= 15 is 0 Å². The molecule has 0 atom stereocenters. The van der Waals surface area contributed by atoms with E-state index in [0.717, 1.165) is 23.8 Å². The van der Waals surface area contributed by atoms with Crippen molar-refractivity contribution in [2.75, 3.05) is 0 Å². The van der Waals surface area contributed by atoms with Crippen molar-refractivity contribution in [3.05, 3.63) is 242 Å². The Labute approximate surface area is 402 Å². The average molecular weight is 1010 g/mol. The van der Waals surface area contributed by atoms with E-state index in [1.165, 1.54) is 49.7 Å². The Morgan fingerprint density at radius 3 is 1.03 bits per heavy atom. The van der Waals surface area contributed by atoms with Gasteiger partial charge >= 0.3 is 0 Å². The van der Waals surface area contributed by atoms with E-state index in [0.29, 0.717) is 28.8 Å². The zero-order valence-electron chi connectivity index (χ0n) is 37.4. The van der Waals surface area contributed by atoms with Gasteiger partial charge in [-0.25, -0.2) is 0 Å². The van der Waals surface area contributed by atoms with Gasteiger partial charge < -0.3 is 0 Å². The van der Waals surface area contributed by atoms with Crippen molar-refractivity contribution < 1.29 is 52.4 Å². The van der Waals surface area contributed by atoms with Gasteiger partial charge in [-0.1, -0.05) is 73.7 Å². The number of benzene rings is 6. The first-order valence-corrected chi connectivity index (χ1v) is 20.5. The van der Waals surface area contributed by atoms with Gasteiger partial charge in [0.2, 0.25) is 0 Å². The van der Waals surface area contributed by atoms with Crippen LogP contribution in [-0.2, 0) is 10.1 Å². The molecule has 0 aliphatic rings. The molecular formula is C43H44N8O19S. The number of hydrogen-bond donors (Lipinski definition) is 1. The van der Waals surface area contributed by atoms with E-state index in [-0.39, 0.29) is 46.4 Å². The maximum atomic E-state index is 10.7. The second kappa shape index (κ2) is 28.6. The molecule has 6 rings (SSSR count). The van der Waals surface area contributed by atoms with E-state index < -0.39 is 66.5 Å². The van der Waals surface area contributed by atoms with Gasteiger partial charge in [0, 0.05) is 48.0 Å². The van der Waals surface area contributed by atoms with Crippen molar-refractivity contribution in [2.24, 2.45) is 0 Å². The van der Waals surface area contributed by atoms with E-state index in [9.17, 15) is 89.3 Å². The predicted molar refractivity (Wildman–Crippen MR) is 257 cm³/mol. The predicted octanol–water partition coefficient (Wildman–Crippen LogP) is 11.1. The standard InChI is InChI=1S/C7H5N3O6.C7H6N2O4.C7H7NO5S.2C7H7NO2.C7H8.CH4/c1-4-6(9(13)14)2-5(8(11)12)3-7(4)10(15)16;1-5-2-6(8(10)11)4-7(3-5)9(12)13;1-5-2-6(8(9)10)4-7(3-5)14(11,12)13;1-6-3-2-4-7(5-6)8(9)10;1-6-4-2-3-5-7(6)8(9)10;1-7-5-3-2-4-6-7;/h2-3H,1H3;2-4H,1H3;2-4H,1H3,(H,11,12,13);2*2-5H,1H3;2-6H,1H3;1H4. The highest BCUT2D eigenvalue weighted by molar-refractivity contribution is 7.85. The Hall–Kier alpha value is -9.57. The van der Waals surface area contributed by atoms with Gasteiger partial charge in [-0.2, -0.15) is 8.42 Å². The summed E-state index contributed by atoms with van der Waals surface area (Å²) in [5, 5.41) is 82.9. The first-order valence-electron chi connectivity index (χ1n) is 19.1. The smallest absolute Gasteiger partial charge is 0.282 e. The lowest BCUT2D eigenvalue weighted by Gasteiger charge is -1.99. The lowest BCUT2D eigenvalue weighted by atomic mass is 10.1. The largest absolute Gasteiger partial charge is 0.294 e. The van der Waals surface area contributed by atoms with Gasteiger partial charge in [-0.15, -0.1) is 0 Å². The third-order valence-corrected chi connectivity index (χ3v) is 9.25. The summed E-state index contributed by atoms with van der Waals surface area (Å²) in [6, 6.07) is 31.5. The molecule has 0 aromatic heterocycles. The van der Waals surface area contributed by atoms with Crippen LogP contribution in [-0.4, -0.2) is 52.4 Å². The highest BCUT2D eigenvalue weighted by Gasteiger charge is 2.27. The van der Waals surface area contributed by atoms with Gasteiger partial charge in [-0.05, 0) is 64.3 Å². The quantitative estimate of drug-likeness (QED) is 0.0798. The number of hydrogen-bond acceptors (Lipinski definition) is 18. The SMILES string of the molecule is C.Cc1c([N+](=O)[O-])cc([N+](=O)[O-])cc1[N+](=O)[O-].Cc1cc([N+](=O)[O-])cc(S(=O)(=O)O)c1.Cc1cc([N+](=O)[O-])cc([N+](=O)[O-])c1.Cc1cccc([N+](=O)[O-])c1.Cc1ccccc1.Cc1ccccc1[N+](=O)[O-]. The van der Waals surface area contributed by atoms with Crippen LogP contribution in [0.2, 0.25) is 0 Å². The molecule has 0 aliphatic heterocycles. The van der Waals surface area contributed by atoms with E-state index in [1.54, 1.807) is 44.2 Å². The summed E-state index contributed by atoms with van der Waals surface area (Å²) in [5.74, 6) is 0. The zero-order valence-corrected chi connectivity index (χ0v) is 38.2. The van der Waals surface area contributed by atoms with Crippen LogP contribution < -0.4 is 0 Å². The molecule has 0 saturated heterocycles. The van der Waals surface area contributed by atoms with Crippen molar-refractivity contribution >= 4 is 55.6 Å². The number of rotatable bonds is 9. The molecule has 0 aliphatic carbocycles. The number of non-ortho nitro benzene ring substituents is 5. The maximum Gasteiger partial charge on any atom is 0.294 e. The minimum atomic E-state index is -4.39. The lowest BCUT2D eigenvalue weighted by molar-refractivity contribution is -0.403. The summed E-state index contributed by atoms with van der Waals surface area (Å²) in [6.07, 6.45) is 0. The second-order valence-corrected chi connectivity index (χ2v) is 15.4. The number of nitro groups is 8. The Balaban J connectivity index is 0.000000839. The van der Waals surface area contributed by atoms with Gasteiger partial charge in [0.25, 0.3) is 55.6 Å². The summed E-state index contributed by atoms with van der Waals surface area (Å²) in [6.45, 7) is 9.87. The first-order chi connectivity index (χ1) is 32.5. The summed E-state index contributed by atoms with van der Waals surface area (Å²) in [5.41, 5.74) is 1.13. The Morgan fingerprint density at radius 2 is 0.704 bits per heavy atom. The van der Waals surface area contributed by atoms with Crippen molar-refractivity contribution in [1.29, 1.82) is 0 Å². The molecule has 28 heteroatoms. The third-order valence-electron chi connectivity index (χ3n) is 8.42. The number of para-hydroxylation sites is 1. The van der Waals surface area contributed by atoms with Crippen LogP contribution in [0.25, 0.3) is 0 Å². The van der Waals surface area contributed by atoms with Crippen molar-refractivity contribution in [3.8, 4) is 0 Å². The molecule has 6 aromatic rings. The van der Waals surface area contributed by atoms with Crippen molar-refractivity contribution in [3.63, 3.8) is 0 Å². The van der Waals surface area contributed by atoms with Crippen LogP contribution in [0.15, 0.2) is 132 Å². The fraction of sp³-hybridized carbons (Fsp3) is 0.163. The van der Waals surface area contributed by atoms with Crippen molar-refractivity contribution in [2.45, 2.75) is 53.9 Å². The third kappa shape index (κ3) is 21.7. The number of nitro benzene ring substituents is 8. The fourth-order valence-corrected chi connectivity index (χ4v) is 5.74. The summed E-state index contributed by atoms with van der Waals surface area (Å²) < 4.78 is 30.1. The number of aryl methyl sites for hydroxylation is 5. The summed E-state index contributed by atoms with van der Waals surface area (Å²) in [4.78, 5) is 76.9.